The Hall–Kier alpha value is -3.80. The van der Waals surface area contributed by atoms with E-state index in [4.69, 9.17) is 23.9 Å². The first-order chi connectivity index (χ1) is 20.9. The van der Waals surface area contributed by atoms with Crippen LogP contribution in [0.5, 0.6) is 23.0 Å². The maximum atomic E-state index is 13.1. The first-order valence-electron chi connectivity index (χ1n) is 14.5. The summed E-state index contributed by atoms with van der Waals surface area (Å²) in [5, 5.41) is 0. The second kappa shape index (κ2) is 13.9. The lowest BCUT2D eigenvalue weighted by molar-refractivity contribution is 0.128. The molecule has 10 nitrogen and oxygen atoms in total. The maximum Gasteiger partial charge on any atom is 0.291 e. The molecular formula is C33H43N3O7S. The van der Waals surface area contributed by atoms with E-state index in [9.17, 15) is 13.0 Å². The summed E-state index contributed by atoms with van der Waals surface area (Å²) in [7, 11) is 1.48. The molecule has 0 radical (unpaired) electrons. The zero-order chi connectivity index (χ0) is 32.1. The molecule has 238 valence electrons. The highest BCUT2D eigenvalue weighted by molar-refractivity contribution is 7.90. The van der Waals surface area contributed by atoms with Gasteiger partial charge in [0.25, 0.3) is 10.1 Å². The number of piperazine rings is 1. The zero-order valence-electron chi connectivity index (χ0n) is 26.6. The summed E-state index contributed by atoms with van der Waals surface area (Å²) in [4.78, 5) is 9.28. The third-order valence-corrected chi connectivity index (χ3v) is 9.02. The molecule has 1 aromatic heterocycles. The molecule has 0 bridgehead atoms. The molecule has 0 saturated carbocycles. The summed E-state index contributed by atoms with van der Waals surface area (Å²) in [5.74, 6) is 2.95. The van der Waals surface area contributed by atoms with Crippen molar-refractivity contribution >= 4 is 21.5 Å². The van der Waals surface area contributed by atoms with Gasteiger partial charge in [0.2, 0.25) is 0 Å². The van der Waals surface area contributed by atoms with Gasteiger partial charge in [-0.3, -0.25) is 9.45 Å². The number of allylic oxidation sites excluding steroid dienone is 2. The number of methoxy groups -OCH3 is 4. The predicted molar refractivity (Wildman–Crippen MR) is 173 cm³/mol. The van der Waals surface area contributed by atoms with E-state index in [1.807, 2.05) is 18.2 Å². The Balaban J connectivity index is 1.79. The second-order valence-electron chi connectivity index (χ2n) is 11.6. The van der Waals surface area contributed by atoms with Crippen LogP contribution in [-0.4, -0.2) is 83.0 Å². The van der Waals surface area contributed by atoms with Crippen LogP contribution in [0.25, 0.3) is 5.57 Å². The molecule has 3 aromatic rings. The van der Waals surface area contributed by atoms with Crippen LogP contribution in [-0.2, 0) is 23.0 Å². The van der Waals surface area contributed by atoms with E-state index in [1.54, 1.807) is 57.9 Å². The molecule has 1 saturated heterocycles. The second-order valence-corrected chi connectivity index (χ2v) is 13.1. The third kappa shape index (κ3) is 7.82. The smallest absolute Gasteiger partial charge is 0.291 e. The van der Waals surface area contributed by atoms with Crippen LogP contribution in [0.4, 0.5) is 5.82 Å². The lowest BCUT2D eigenvalue weighted by atomic mass is 9.96. The molecule has 0 amide bonds. The van der Waals surface area contributed by atoms with Crippen molar-refractivity contribution in [3.63, 3.8) is 0 Å². The monoisotopic (exact) mass is 625 g/mol. The van der Waals surface area contributed by atoms with Crippen LogP contribution in [0.2, 0.25) is 0 Å². The van der Waals surface area contributed by atoms with Gasteiger partial charge in [-0.1, -0.05) is 12.1 Å². The fraction of sp³-hybridized carbons (Fsp3) is 0.424. The summed E-state index contributed by atoms with van der Waals surface area (Å²) in [6.45, 7) is 10.2. The largest absolute Gasteiger partial charge is 0.497 e. The lowest BCUT2D eigenvalue weighted by Crippen LogP contribution is -2.53. The number of nitrogens with zero attached hydrogens (tertiary/aromatic N) is 3. The Morgan fingerprint density at radius 1 is 0.795 bits per heavy atom. The standard InChI is InChI=1S/C33H43N3O7S/c1-33(2,3)36-16-14-35(15-17-36)32-13-10-25(22-34-32)28(18-23-8-11-26(40-4)20-29(23)42-6)31(44(37,38)39)19-24-9-12-27(41-5)21-30(24)43-7/h8-13,20-22H,14-19H2,1-7H3,(H,37,38,39). The minimum absolute atomic E-state index is 0.102. The van der Waals surface area contributed by atoms with E-state index < -0.39 is 10.1 Å². The fourth-order valence-corrected chi connectivity index (χ4v) is 6.27. The van der Waals surface area contributed by atoms with Crippen molar-refractivity contribution in [3.8, 4) is 23.0 Å². The number of pyridine rings is 1. The Morgan fingerprint density at radius 2 is 1.34 bits per heavy atom. The number of rotatable bonds is 11. The summed E-state index contributed by atoms with van der Waals surface area (Å²) >= 11 is 0. The highest BCUT2D eigenvalue weighted by Gasteiger charge is 2.27. The van der Waals surface area contributed by atoms with Crippen LogP contribution in [0.3, 0.4) is 0 Å². The van der Waals surface area contributed by atoms with Gasteiger partial charge in [0.1, 0.15) is 28.8 Å². The van der Waals surface area contributed by atoms with Crippen molar-refractivity contribution < 1.29 is 31.9 Å². The molecule has 11 heteroatoms. The quantitative estimate of drug-likeness (QED) is 0.288. The van der Waals surface area contributed by atoms with Gasteiger partial charge in [-0.2, -0.15) is 8.42 Å². The number of hydrogen-bond donors (Lipinski definition) is 1. The molecule has 1 aliphatic rings. The molecule has 4 rings (SSSR count). The third-order valence-electron chi connectivity index (χ3n) is 8.00. The Labute approximate surface area is 261 Å². The topological polar surface area (TPSA) is 111 Å². The van der Waals surface area contributed by atoms with Crippen LogP contribution < -0.4 is 23.8 Å². The highest BCUT2D eigenvalue weighted by Crippen LogP contribution is 2.36. The van der Waals surface area contributed by atoms with Crippen molar-refractivity contribution in [1.29, 1.82) is 0 Å². The summed E-state index contributed by atoms with van der Waals surface area (Å²) in [5.41, 5.74) is 2.35. The summed E-state index contributed by atoms with van der Waals surface area (Å²) in [6, 6.07) is 14.2. The number of benzene rings is 2. The van der Waals surface area contributed by atoms with E-state index in [0.717, 1.165) is 32.0 Å². The first-order valence-corrected chi connectivity index (χ1v) is 15.9. The molecule has 0 spiro atoms. The zero-order valence-corrected chi connectivity index (χ0v) is 27.4. The van der Waals surface area contributed by atoms with Crippen LogP contribution in [0, 0.1) is 0 Å². The minimum Gasteiger partial charge on any atom is -0.497 e. The lowest BCUT2D eigenvalue weighted by Gasteiger charge is -2.42. The van der Waals surface area contributed by atoms with Crippen molar-refractivity contribution in [2.24, 2.45) is 0 Å². The summed E-state index contributed by atoms with van der Waals surface area (Å²) in [6.07, 6.45) is 1.70. The Kier molecular flexibility index (Phi) is 10.4. The molecule has 1 fully saturated rings. The Bertz CT molecular complexity index is 1570. The summed E-state index contributed by atoms with van der Waals surface area (Å²) < 4.78 is 58.7. The van der Waals surface area contributed by atoms with Gasteiger partial charge in [0, 0.05) is 62.9 Å². The number of hydrogen-bond acceptors (Lipinski definition) is 9. The molecule has 0 unspecified atom stereocenters. The molecule has 0 atom stereocenters. The molecule has 1 aliphatic heterocycles. The van der Waals surface area contributed by atoms with Crippen LogP contribution >= 0.6 is 0 Å². The number of aromatic nitrogens is 1. The van der Waals surface area contributed by atoms with Gasteiger partial charge in [-0.05, 0) is 67.3 Å². The minimum atomic E-state index is -4.67. The van der Waals surface area contributed by atoms with Gasteiger partial charge in [-0.25, -0.2) is 4.98 Å². The molecule has 1 N–H and O–H groups in total. The van der Waals surface area contributed by atoms with Gasteiger partial charge >= 0.3 is 0 Å². The van der Waals surface area contributed by atoms with Crippen LogP contribution in [0.15, 0.2) is 59.6 Å². The normalized spacial score (nSPS) is 15.0. The maximum absolute atomic E-state index is 13.1. The van der Waals surface area contributed by atoms with Crippen molar-refractivity contribution in [2.45, 2.75) is 39.2 Å². The highest BCUT2D eigenvalue weighted by atomic mass is 32.2. The first kappa shape index (κ1) is 33.1. The average molecular weight is 626 g/mol. The molecule has 44 heavy (non-hydrogen) atoms. The van der Waals surface area contributed by atoms with E-state index in [1.165, 1.54) is 7.11 Å². The van der Waals surface area contributed by atoms with Crippen molar-refractivity contribution in [1.82, 2.24) is 9.88 Å². The van der Waals surface area contributed by atoms with Gasteiger partial charge < -0.3 is 23.8 Å². The van der Waals surface area contributed by atoms with E-state index >= 15 is 0 Å². The van der Waals surface area contributed by atoms with E-state index in [2.05, 4.69) is 30.6 Å². The molecule has 2 heterocycles. The molecule has 0 aliphatic carbocycles. The van der Waals surface area contributed by atoms with Crippen molar-refractivity contribution in [2.75, 3.05) is 59.5 Å². The van der Waals surface area contributed by atoms with Gasteiger partial charge in [0.05, 0.1) is 33.3 Å². The van der Waals surface area contributed by atoms with E-state index in [-0.39, 0.29) is 23.3 Å². The Morgan fingerprint density at radius 3 is 1.77 bits per heavy atom. The van der Waals surface area contributed by atoms with Crippen LogP contribution in [0.1, 0.15) is 37.5 Å². The number of anilines is 1. The fourth-order valence-electron chi connectivity index (χ4n) is 5.43. The average Bonchev–Trinajstić information content (AvgIpc) is 3.02. The van der Waals surface area contributed by atoms with Crippen molar-refractivity contribution in [3.05, 3.63) is 76.3 Å². The SMILES string of the molecule is COc1ccc(CC(=C(Cc2ccc(OC)cc2OC)S(=O)(=O)O)c2ccc(N3CCN(C(C)(C)C)CC3)nc2)c(OC)c1. The van der Waals surface area contributed by atoms with Gasteiger partial charge in [0.15, 0.2) is 0 Å². The molecular weight excluding hydrogens is 582 g/mol. The predicted octanol–water partition coefficient (Wildman–Crippen LogP) is 5.12. The molecule has 2 aromatic carbocycles. The number of ether oxygens (including phenoxy) is 4. The van der Waals surface area contributed by atoms with Gasteiger partial charge in [-0.15, -0.1) is 0 Å². The van der Waals surface area contributed by atoms with E-state index in [0.29, 0.717) is 45.3 Å².